The Labute approximate surface area is 142 Å². The Kier molecular flexibility index (Phi) is 3.17. The molecule has 2 aromatic rings. The van der Waals surface area contributed by atoms with E-state index in [-0.39, 0.29) is 11.0 Å². The van der Waals surface area contributed by atoms with Crippen molar-refractivity contribution < 1.29 is 22.4 Å². The van der Waals surface area contributed by atoms with Crippen LogP contribution < -0.4 is 16.1 Å². The molecule has 0 radical (unpaired) electrons. The minimum atomic E-state index is -4.45. The van der Waals surface area contributed by atoms with Gasteiger partial charge in [0.2, 0.25) is 0 Å². The molecule has 1 unspecified atom stereocenters. The highest BCUT2D eigenvalue weighted by molar-refractivity contribution is 5.85. The van der Waals surface area contributed by atoms with Crippen molar-refractivity contribution in [2.24, 2.45) is 11.8 Å². The molecule has 1 spiro atoms. The third-order valence-corrected chi connectivity index (χ3v) is 5.84. The van der Waals surface area contributed by atoms with Gasteiger partial charge in [0.1, 0.15) is 17.4 Å². The zero-order valence-electron chi connectivity index (χ0n) is 13.4. The van der Waals surface area contributed by atoms with Crippen LogP contribution in [0, 0.1) is 11.8 Å². The lowest BCUT2D eigenvalue weighted by molar-refractivity contribution is -0.153. The van der Waals surface area contributed by atoms with Crippen LogP contribution in [0.4, 0.5) is 18.9 Å². The fourth-order valence-corrected chi connectivity index (χ4v) is 4.55. The number of fused-ring (bicyclic) bond motifs is 3. The van der Waals surface area contributed by atoms with E-state index in [0.717, 1.165) is 25.5 Å². The van der Waals surface area contributed by atoms with Crippen LogP contribution in [0.1, 0.15) is 37.7 Å². The molecule has 8 heteroatoms. The van der Waals surface area contributed by atoms with Crippen LogP contribution in [0.25, 0.3) is 11.0 Å². The number of hydrogen-bond acceptors (Lipinski definition) is 5. The van der Waals surface area contributed by atoms with Crippen LogP contribution >= 0.6 is 0 Å². The second kappa shape index (κ2) is 5.12. The summed E-state index contributed by atoms with van der Waals surface area (Å²) in [5.74, 6) is 1.06. The molecular formula is C17H18F3N3O2. The summed E-state index contributed by atoms with van der Waals surface area (Å²) in [4.78, 5) is 5.89. The Balaban J connectivity index is 1.46. The first-order valence-corrected chi connectivity index (χ1v) is 8.55. The van der Waals surface area contributed by atoms with Crippen LogP contribution in [-0.4, -0.2) is 5.72 Å². The third kappa shape index (κ3) is 2.35. The van der Waals surface area contributed by atoms with Gasteiger partial charge in [-0.3, -0.25) is 4.84 Å². The van der Waals surface area contributed by atoms with E-state index < -0.39 is 17.5 Å². The highest BCUT2D eigenvalue weighted by atomic mass is 19.4. The Morgan fingerprint density at radius 2 is 1.96 bits per heavy atom. The van der Waals surface area contributed by atoms with E-state index in [2.05, 4.69) is 11.0 Å². The first-order chi connectivity index (χ1) is 11.9. The highest BCUT2D eigenvalue weighted by Gasteiger charge is 2.53. The molecule has 6 rings (SSSR count). The van der Waals surface area contributed by atoms with Gasteiger partial charge in [0.05, 0.1) is 5.69 Å². The van der Waals surface area contributed by atoms with Gasteiger partial charge in [-0.15, -0.1) is 0 Å². The van der Waals surface area contributed by atoms with Gasteiger partial charge in [0.25, 0.3) is 0 Å². The molecule has 4 aliphatic rings. The lowest BCUT2D eigenvalue weighted by Crippen LogP contribution is -2.57. The largest absolute Gasteiger partial charge is 0.464 e. The topological polar surface area (TPSA) is 49.7 Å². The number of hydrazine groups is 2. The molecule has 2 N–H and O–H groups in total. The summed E-state index contributed by atoms with van der Waals surface area (Å²) in [7, 11) is 0. The summed E-state index contributed by atoms with van der Waals surface area (Å²) in [6.07, 6.45) is 1.93. The zero-order chi connectivity index (χ0) is 17.2. The van der Waals surface area contributed by atoms with Crippen molar-refractivity contribution in [2.45, 2.75) is 44.0 Å². The molecule has 1 atom stereocenters. The van der Waals surface area contributed by atoms with Crippen molar-refractivity contribution >= 4 is 16.7 Å². The molecule has 2 bridgehead atoms. The SMILES string of the molecule is FC(F)(F)c1coc2ccc(N3NOC4(CC5CCC4CC5)N3)cc12. The molecule has 5 nitrogen and oxygen atoms in total. The van der Waals surface area contributed by atoms with Gasteiger partial charge in [-0.25, -0.2) is 5.12 Å². The van der Waals surface area contributed by atoms with Crippen LogP contribution in [0.15, 0.2) is 28.9 Å². The summed E-state index contributed by atoms with van der Waals surface area (Å²) in [6, 6.07) is 4.71. The monoisotopic (exact) mass is 353 g/mol. The highest BCUT2D eigenvalue weighted by Crippen LogP contribution is 2.49. The lowest BCUT2D eigenvalue weighted by atomic mass is 9.66. The van der Waals surface area contributed by atoms with Gasteiger partial charge >= 0.3 is 6.18 Å². The maximum atomic E-state index is 13.1. The normalized spacial score (nSPS) is 32.2. The van der Waals surface area contributed by atoms with Crippen molar-refractivity contribution in [3.05, 3.63) is 30.0 Å². The molecule has 1 aromatic heterocycles. The van der Waals surface area contributed by atoms with E-state index in [1.165, 1.54) is 18.9 Å². The second-order valence-electron chi connectivity index (χ2n) is 7.28. The Hall–Kier alpha value is -1.77. The number of furan rings is 1. The van der Waals surface area contributed by atoms with Gasteiger partial charge < -0.3 is 4.42 Å². The summed E-state index contributed by atoms with van der Waals surface area (Å²) < 4.78 is 44.4. The van der Waals surface area contributed by atoms with Gasteiger partial charge in [-0.2, -0.15) is 18.6 Å². The maximum absolute atomic E-state index is 13.1. The van der Waals surface area contributed by atoms with Crippen LogP contribution in [0.3, 0.4) is 0 Å². The Morgan fingerprint density at radius 1 is 1.16 bits per heavy atom. The summed E-state index contributed by atoms with van der Waals surface area (Å²) in [5.41, 5.74) is 5.74. The number of nitrogens with zero attached hydrogens (tertiary/aromatic N) is 1. The molecular weight excluding hydrogens is 335 g/mol. The quantitative estimate of drug-likeness (QED) is 0.808. The van der Waals surface area contributed by atoms with Gasteiger partial charge in [-0.1, -0.05) is 5.59 Å². The van der Waals surface area contributed by atoms with E-state index >= 15 is 0 Å². The summed E-state index contributed by atoms with van der Waals surface area (Å²) in [5, 5.41) is 1.62. The third-order valence-electron chi connectivity index (χ3n) is 5.84. The van der Waals surface area contributed by atoms with Crippen molar-refractivity contribution in [1.82, 2.24) is 11.0 Å². The van der Waals surface area contributed by atoms with Gasteiger partial charge in [0, 0.05) is 11.3 Å². The zero-order valence-corrected chi connectivity index (χ0v) is 13.4. The van der Waals surface area contributed by atoms with Crippen molar-refractivity contribution in [1.29, 1.82) is 0 Å². The van der Waals surface area contributed by atoms with Gasteiger partial charge in [-0.05, 0) is 56.2 Å². The standard InChI is InChI=1S/C17H18F3N3O2/c18-17(19,20)14-9-24-15-6-5-12(7-13(14)15)23-21-16(25-22-23)8-10-1-3-11(16)4-2-10/h5-7,9-11,21-22H,1-4,8H2. The average molecular weight is 353 g/mol. The number of rotatable bonds is 1. The first-order valence-electron chi connectivity index (χ1n) is 8.55. The first kappa shape index (κ1) is 15.5. The number of benzene rings is 1. The summed E-state index contributed by atoms with van der Waals surface area (Å²) >= 11 is 0. The number of hydrogen-bond donors (Lipinski definition) is 2. The Morgan fingerprint density at radius 3 is 2.64 bits per heavy atom. The maximum Gasteiger partial charge on any atom is 0.420 e. The molecule has 1 aliphatic heterocycles. The fourth-order valence-electron chi connectivity index (χ4n) is 4.55. The molecule has 3 aliphatic carbocycles. The van der Waals surface area contributed by atoms with E-state index in [9.17, 15) is 13.2 Å². The van der Waals surface area contributed by atoms with Gasteiger partial charge in [0.15, 0.2) is 5.72 Å². The number of alkyl halides is 3. The number of halogens is 3. The van der Waals surface area contributed by atoms with Crippen molar-refractivity contribution in [3.8, 4) is 0 Å². The van der Waals surface area contributed by atoms with Crippen molar-refractivity contribution in [2.75, 3.05) is 5.12 Å². The molecule has 25 heavy (non-hydrogen) atoms. The smallest absolute Gasteiger partial charge is 0.420 e. The molecule has 3 saturated carbocycles. The minimum absolute atomic E-state index is 0.0414. The van der Waals surface area contributed by atoms with E-state index in [4.69, 9.17) is 9.25 Å². The van der Waals surface area contributed by atoms with E-state index in [0.29, 0.717) is 17.5 Å². The van der Waals surface area contributed by atoms with E-state index in [1.54, 1.807) is 17.3 Å². The summed E-state index contributed by atoms with van der Waals surface area (Å²) in [6.45, 7) is 0. The second-order valence-corrected chi connectivity index (χ2v) is 7.28. The Bertz CT molecular complexity index is 813. The lowest BCUT2D eigenvalue weighted by Gasteiger charge is -2.47. The molecule has 1 aromatic carbocycles. The number of nitrogens with one attached hydrogen (secondary N) is 2. The average Bonchev–Trinajstić information content (AvgIpc) is 3.19. The molecule has 1 saturated heterocycles. The molecule has 134 valence electrons. The van der Waals surface area contributed by atoms with Crippen LogP contribution in [-0.2, 0) is 11.0 Å². The molecule has 0 amide bonds. The fraction of sp³-hybridized carbons (Fsp3) is 0.529. The predicted octanol–water partition coefficient (Wildman–Crippen LogP) is 4.12. The van der Waals surface area contributed by atoms with Crippen LogP contribution in [0.5, 0.6) is 0 Å². The van der Waals surface area contributed by atoms with E-state index in [1.807, 2.05) is 0 Å². The van der Waals surface area contributed by atoms with Crippen molar-refractivity contribution in [3.63, 3.8) is 0 Å². The minimum Gasteiger partial charge on any atom is -0.464 e. The number of anilines is 1. The molecule has 2 heterocycles. The predicted molar refractivity (Wildman–Crippen MR) is 83.8 cm³/mol. The molecule has 4 fully saturated rings. The van der Waals surface area contributed by atoms with Crippen LogP contribution in [0.2, 0.25) is 0 Å².